The quantitative estimate of drug-likeness (QED) is 0.780. The highest BCUT2D eigenvalue weighted by Crippen LogP contribution is 2.33. The molecule has 0 spiro atoms. The van der Waals surface area contributed by atoms with Gasteiger partial charge in [0, 0.05) is 20.7 Å². The van der Waals surface area contributed by atoms with Crippen LogP contribution in [0.25, 0.3) is 0 Å². The van der Waals surface area contributed by atoms with Gasteiger partial charge in [-0.1, -0.05) is 37.9 Å². The van der Waals surface area contributed by atoms with E-state index < -0.39 is 0 Å². The van der Waals surface area contributed by atoms with E-state index in [1.807, 2.05) is 24.3 Å². The normalized spacial score (nSPS) is 10.9. The van der Waals surface area contributed by atoms with Gasteiger partial charge in [0.2, 0.25) is 0 Å². The third-order valence-corrected chi connectivity index (χ3v) is 3.40. The van der Waals surface area contributed by atoms with Gasteiger partial charge in [-0.15, -0.1) is 0 Å². The van der Waals surface area contributed by atoms with Crippen molar-refractivity contribution in [3.8, 4) is 11.5 Å². The van der Waals surface area contributed by atoms with Gasteiger partial charge in [0.1, 0.15) is 0 Å². The minimum Gasteiger partial charge on any atom is -0.504 e. The van der Waals surface area contributed by atoms with E-state index in [-0.39, 0.29) is 5.75 Å². The summed E-state index contributed by atoms with van der Waals surface area (Å²) in [7, 11) is 1.51. The molecule has 2 rings (SSSR count). The number of hydrogen-bond acceptors (Lipinski definition) is 3. The molecule has 0 atom stereocenters. The number of aliphatic imine (C=N–C) groups is 1. The zero-order valence-corrected chi connectivity index (χ0v) is 13.3. The van der Waals surface area contributed by atoms with E-state index in [4.69, 9.17) is 4.74 Å². The maximum Gasteiger partial charge on any atom is 0.166 e. The number of phenolic OH excluding ortho intramolecular Hbond substituents is 1. The van der Waals surface area contributed by atoms with Crippen molar-refractivity contribution >= 4 is 43.8 Å². The van der Waals surface area contributed by atoms with Crippen molar-refractivity contribution in [3.63, 3.8) is 0 Å². The topological polar surface area (TPSA) is 41.8 Å². The van der Waals surface area contributed by atoms with Crippen LogP contribution in [0.15, 0.2) is 50.3 Å². The molecule has 0 unspecified atom stereocenters. The van der Waals surface area contributed by atoms with E-state index in [2.05, 4.69) is 36.9 Å². The molecule has 3 nitrogen and oxygen atoms in total. The maximum atomic E-state index is 10.00. The standard InChI is InChI=1S/C14H11Br2NO2/c1-19-13-7-11(16)5-9(14(13)18)8-17-12-4-2-3-10(15)6-12/h2-8,18H,1H3. The summed E-state index contributed by atoms with van der Waals surface area (Å²) >= 11 is 6.75. The zero-order valence-electron chi connectivity index (χ0n) is 10.1. The molecule has 0 saturated carbocycles. The molecule has 0 saturated heterocycles. The maximum absolute atomic E-state index is 10.00. The number of rotatable bonds is 3. The average Bonchev–Trinajstić information content (AvgIpc) is 2.39. The third kappa shape index (κ3) is 3.58. The molecule has 0 radical (unpaired) electrons. The summed E-state index contributed by atoms with van der Waals surface area (Å²) in [6, 6.07) is 11.1. The van der Waals surface area contributed by atoms with Crippen LogP contribution >= 0.6 is 31.9 Å². The van der Waals surface area contributed by atoms with E-state index in [0.717, 1.165) is 14.6 Å². The van der Waals surface area contributed by atoms with Crippen molar-refractivity contribution in [1.82, 2.24) is 0 Å². The summed E-state index contributed by atoms with van der Waals surface area (Å²) in [5.41, 5.74) is 1.39. The summed E-state index contributed by atoms with van der Waals surface area (Å²) in [6.07, 6.45) is 1.60. The minimum atomic E-state index is 0.0736. The van der Waals surface area contributed by atoms with Crippen molar-refractivity contribution < 1.29 is 9.84 Å². The van der Waals surface area contributed by atoms with Crippen LogP contribution in [0.2, 0.25) is 0 Å². The van der Waals surface area contributed by atoms with Gasteiger partial charge in [0.05, 0.1) is 12.8 Å². The molecule has 1 N–H and O–H groups in total. The summed E-state index contributed by atoms with van der Waals surface area (Å²) < 4.78 is 6.86. The molecule has 98 valence electrons. The first-order valence-electron chi connectivity index (χ1n) is 5.46. The van der Waals surface area contributed by atoms with Crippen LogP contribution < -0.4 is 4.74 Å². The largest absolute Gasteiger partial charge is 0.504 e. The number of benzene rings is 2. The van der Waals surface area contributed by atoms with Crippen LogP contribution in [0.4, 0.5) is 5.69 Å². The first kappa shape index (κ1) is 14.1. The van der Waals surface area contributed by atoms with Gasteiger partial charge in [-0.25, -0.2) is 0 Å². The Morgan fingerprint density at radius 1 is 1.16 bits per heavy atom. The predicted octanol–water partition coefficient (Wildman–Crippen LogP) is 4.68. The lowest BCUT2D eigenvalue weighted by molar-refractivity contribution is 0.373. The fourth-order valence-electron chi connectivity index (χ4n) is 1.55. The van der Waals surface area contributed by atoms with Gasteiger partial charge in [0.15, 0.2) is 11.5 Å². The number of hydrogen-bond donors (Lipinski definition) is 1. The molecule has 0 aliphatic heterocycles. The Bertz CT molecular complexity index is 627. The van der Waals surface area contributed by atoms with Crippen molar-refractivity contribution in [1.29, 1.82) is 0 Å². The second-order valence-electron chi connectivity index (χ2n) is 3.78. The molecule has 2 aromatic carbocycles. The van der Waals surface area contributed by atoms with E-state index in [9.17, 15) is 5.11 Å². The predicted molar refractivity (Wildman–Crippen MR) is 83.8 cm³/mol. The van der Waals surface area contributed by atoms with Crippen LogP contribution in [0, 0.1) is 0 Å². The number of nitrogens with zero attached hydrogens (tertiary/aromatic N) is 1. The minimum absolute atomic E-state index is 0.0736. The second kappa shape index (κ2) is 6.21. The molecular weight excluding hydrogens is 374 g/mol. The molecule has 5 heteroatoms. The molecule has 0 heterocycles. The summed E-state index contributed by atoms with van der Waals surface area (Å²) in [5.74, 6) is 0.481. The van der Waals surface area contributed by atoms with Crippen molar-refractivity contribution in [2.24, 2.45) is 4.99 Å². The number of ether oxygens (including phenoxy) is 1. The molecule has 0 bridgehead atoms. The van der Waals surface area contributed by atoms with Crippen molar-refractivity contribution in [2.75, 3.05) is 7.11 Å². The van der Waals surface area contributed by atoms with E-state index >= 15 is 0 Å². The molecular formula is C14H11Br2NO2. The Hall–Kier alpha value is -1.33. The molecule has 0 amide bonds. The zero-order chi connectivity index (χ0) is 13.8. The fraction of sp³-hybridized carbons (Fsp3) is 0.0714. The lowest BCUT2D eigenvalue weighted by atomic mass is 10.2. The van der Waals surface area contributed by atoms with Crippen LogP contribution in [0.1, 0.15) is 5.56 Å². The molecule has 0 aliphatic rings. The molecule has 0 aliphatic carbocycles. The van der Waals surface area contributed by atoms with Gasteiger partial charge in [-0.3, -0.25) is 4.99 Å². The van der Waals surface area contributed by atoms with E-state index in [1.165, 1.54) is 7.11 Å². The third-order valence-electron chi connectivity index (χ3n) is 2.45. The number of halogens is 2. The van der Waals surface area contributed by atoms with E-state index in [0.29, 0.717) is 11.3 Å². The molecule has 0 fully saturated rings. The summed E-state index contributed by atoms with van der Waals surface area (Å²) in [6.45, 7) is 0. The Morgan fingerprint density at radius 3 is 2.63 bits per heavy atom. The van der Waals surface area contributed by atoms with Crippen molar-refractivity contribution in [2.45, 2.75) is 0 Å². The number of methoxy groups -OCH3 is 1. The Kier molecular flexibility index (Phi) is 4.61. The van der Waals surface area contributed by atoms with Gasteiger partial charge < -0.3 is 9.84 Å². The van der Waals surface area contributed by atoms with Crippen LogP contribution in [0.5, 0.6) is 11.5 Å². The van der Waals surface area contributed by atoms with E-state index in [1.54, 1.807) is 18.3 Å². The van der Waals surface area contributed by atoms with Crippen LogP contribution in [0.3, 0.4) is 0 Å². The lowest BCUT2D eigenvalue weighted by Gasteiger charge is -2.06. The Morgan fingerprint density at radius 2 is 1.95 bits per heavy atom. The van der Waals surface area contributed by atoms with Crippen molar-refractivity contribution in [3.05, 3.63) is 50.9 Å². The fourth-order valence-corrected chi connectivity index (χ4v) is 2.39. The SMILES string of the molecule is COc1cc(Br)cc(C=Nc2cccc(Br)c2)c1O. The number of phenols is 1. The highest BCUT2D eigenvalue weighted by Gasteiger charge is 2.07. The van der Waals surface area contributed by atoms with Gasteiger partial charge in [-0.2, -0.15) is 0 Å². The highest BCUT2D eigenvalue weighted by atomic mass is 79.9. The van der Waals surface area contributed by atoms with Crippen LogP contribution in [-0.4, -0.2) is 18.4 Å². The van der Waals surface area contributed by atoms with Gasteiger partial charge in [0.25, 0.3) is 0 Å². The van der Waals surface area contributed by atoms with Gasteiger partial charge in [-0.05, 0) is 30.3 Å². The lowest BCUT2D eigenvalue weighted by Crippen LogP contribution is -1.89. The highest BCUT2D eigenvalue weighted by molar-refractivity contribution is 9.10. The Labute approximate surface area is 128 Å². The van der Waals surface area contributed by atoms with Gasteiger partial charge >= 0.3 is 0 Å². The first-order valence-corrected chi connectivity index (χ1v) is 7.05. The van der Waals surface area contributed by atoms with Crippen LogP contribution in [-0.2, 0) is 0 Å². The molecule has 0 aromatic heterocycles. The second-order valence-corrected chi connectivity index (χ2v) is 5.62. The smallest absolute Gasteiger partial charge is 0.166 e. The Balaban J connectivity index is 2.35. The molecule has 19 heavy (non-hydrogen) atoms. The molecule has 2 aromatic rings. The summed E-state index contributed by atoms with van der Waals surface area (Å²) in [4.78, 5) is 4.32. The average molecular weight is 385 g/mol. The monoisotopic (exact) mass is 383 g/mol. The summed E-state index contributed by atoms with van der Waals surface area (Å²) in [5, 5.41) is 10.00. The first-order chi connectivity index (χ1) is 9.10. The number of aromatic hydroxyl groups is 1.